The Balaban J connectivity index is 2.10. The molecular weight excluding hydrogens is 572 g/mol. The Labute approximate surface area is 255 Å². The smallest absolute Gasteiger partial charge is 0.355 e. The predicted octanol–water partition coefficient (Wildman–Crippen LogP) is 3.24. The minimum absolute atomic E-state index is 0.0134. The lowest BCUT2D eigenvalue weighted by Gasteiger charge is -2.10. The molecule has 0 bridgehead atoms. The summed E-state index contributed by atoms with van der Waals surface area (Å²) < 4.78 is 25.1. The number of methoxy groups -OCH3 is 4. The Morgan fingerprint density at radius 2 is 1.14 bits per heavy atom. The van der Waals surface area contributed by atoms with Gasteiger partial charge in [0, 0.05) is 36.3 Å². The third kappa shape index (κ3) is 8.82. The number of ether oxygens (including phenoxy) is 5. The van der Waals surface area contributed by atoms with Gasteiger partial charge in [0.25, 0.3) is 0 Å². The van der Waals surface area contributed by atoms with Crippen LogP contribution in [0.1, 0.15) is 68.2 Å². The maximum atomic E-state index is 13.4. The van der Waals surface area contributed by atoms with Crippen LogP contribution in [0.4, 0.5) is 0 Å². The first-order valence-corrected chi connectivity index (χ1v) is 14.0. The SMILES string of the molecule is COC(=O)CCc1c(C)[nH]c(Cc2[nH]c(C(=O)OCc3ccccc3)c(CCC(=O)OC)c2CC(=O)OC)c1CC(=O)OC. The summed E-state index contributed by atoms with van der Waals surface area (Å²) in [4.78, 5) is 68.8. The van der Waals surface area contributed by atoms with Gasteiger partial charge in [-0.15, -0.1) is 0 Å². The zero-order valence-electron chi connectivity index (χ0n) is 25.6. The van der Waals surface area contributed by atoms with Gasteiger partial charge in [-0.25, -0.2) is 4.79 Å². The van der Waals surface area contributed by atoms with Crippen LogP contribution in [0.15, 0.2) is 30.3 Å². The van der Waals surface area contributed by atoms with Crippen molar-refractivity contribution in [1.82, 2.24) is 9.97 Å². The number of benzene rings is 1. The second kappa shape index (κ2) is 16.1. The largest absolute Gasteiger partial charge is 0.469 e. The summed E-state index contributed by atoms with van der Waals surface area (Å²) in [5, 5.41) is 0. The van der Waals surface area contributed by atoms with Crippen molar-refractivity contribution in [3.63, 3.8) is 0 Å². The van der Waals surface area contributed by atoms with E-state index in [1.54, 1.807) is 0 Å². The molecule has 0 aliphatic carbocycles. The van der Waals surface area contributed by atoms with Gasteiger partial charge in [0.15, 0.2) is 0 Å². The lowest BCUT2D eigenvalue weighted by atomic mass is 9.96. The van der Waals surface area contributed by atoms with Crippen molar-refractivity contribution in [2.24, 2.45) is 0 Å². The monoisotopic (exact) mass is 610 g/mol. The normalized spacial score (nSPS) is 10.7. The molecule has 3 rings (SSSR count). The van der Waals surface area contributed by atoms with E-state index in [-0.39, 0.29) is 50.8 Å². The van der Waals surface area contributed by atoms with Crippen molar-refractivity contribution in [3.05, 3.63) is 80.9 Å². The molecule has 44 heavy (non-hydrogen) atoms. The zero-order valence-corrected chi connectivity index (χ0v) is 25.6. The molecule has 0 atom stereocenters. The minimum atomic E-state index is -0.665. The number of nitrogens with one attached hydrogen (secondary N) is 2. The van der Waals surface area contributed by atoms with Crippen molar-refractivity contribution in [3.8, 4) is 0 Å². The number of aromatic amines is 2. The lowest BCUT2D eigenvalue weighted by Crippen LogP contribution is -2.12. The molecular formula is C32H38N2O10. The van der Waals surface area contributed by atoms with Gasteiger partial charge in [-0.05, 0) is 47.6 Å². The highest BCUT2D eigenvalue weighted by molar-refractivity contribution is 5.91. The highest BCUT2D eigenvalue weighted by Gasteiger charge is 2.28. The second-order valence-corrected chi connectivity index (χ2v) is 10.0. The molecule has 2 heterocycles. The first kappa shape index (κ1) is 33.6. The minimum Gasteiger partial charge on any atom is -0.469 e. The third-order valence-corrected chi connectivity index (χ3v) is 7.31. The molecule has 236 valence electrons. The summed E-state index contributed by atoms with van der Waals surface area (Å²) in [5.41, 5.74) is 5.06. The van der Waals surface area contributed by atoms with E-state index in [1.165, 1.54) is 28.4 Å². The average Bonchev–Trinajstić information content (AvgIpc) is 3.52. The van der Waals surface area contributed by atoms with Gasteiger partial charge >= 0.3 is 29.8 Å². The standard InChI is InChI=1S/C32H38N2O10/c1-19-21(11-13-27(35)40-2)23(15-29(37)42-4)25(33-19)17-26-24(16-30(38)43-5)22(12-14-28(36)41-3)31(34-26)32(39)44-18-20-9-7-6-8-10-20/h6-10,33-34H,11-18H2,1-5H3. The number of esters is 5. The first-order valence-electron chi connectivity index (χ1n) is 14.0. The topological polar surface area (TPSA) is 163 Å². The van der Waals surface area contributed by atoms with Gasteiger partial charge < -0.3 is 33.7 Å². The molecule has 3 aromatic rings. The van der Waals surface area contributed by atoms with Gasteiger partial charge in [0.05, 0.1) is 41.3 Å². The summed E-state index contributed by atoms with van der Waals surface area (Å²) in [6.07, 6.45) is 0.362. The summed E-state index contributed by atoms with van der Waals surface area (Å²) in [6.45, 7) is 1.84. The van der Waals surface area contributed by atoms with Crippen LogP contribution in [0.2, 0.25) is 0 Å². The molecule has 0 radical (unpaired) electrons. The number of aromatic nitrogens is 2. The van der Waals surface area contributed by atoms with Crippen LogP contribution in [0, 0.1) is 6.92 Å². The van der Waals surface area contributed by atoms with E-state index in [9.17, 15) is 24.0 Å². The second-order valence-electron chi connectivity index (χ2n) is 10.0. The van der Waals surface area contributed by atoms with Gasteiger partial charge in [-0.1, -0.05) is 30.3 Å². The van der Waals surface area contributed by atoms with Crippen LogP contribution >= 0.6 is 0 Å². The molecule has 0 amide bonds. The van der Waals surface area contributed by atoms with Crippen LogP contribution in [-0.2, 0) is 81.6 Å². The molecule has 0 saturated heterocycles. The predicted molar refractivity (Wildman–Crippen MR) is 157 cm³/mol. The Bertz CT molecular complexity index is 1490. The maximum absolute atomic E-state index is 13.4. The molecule has 12 nitrogen and oxygen atoms in total. The molecule has 0 saturated carbocycles. The van der Waals surface area contributed by atoms with Crippen LogP contribution in [-0.4, -0.2) is 68.3 Å². The van der Waals surface area contributed by atoms with E-state index in [2.05, 4.69) is 9.97 Å². The Morgan fingerprint density at radius 1 is 0.636 bits per heavy atom. The molecule has 0 spiro atoms. The van der Waals surface area contributed by atoms with E-state index >= 15 is 0 Å². The van der Waals surface area contributed by atoms with Crippen LogP contribution in [0.25, 0.3) is 0 Å². The van der Waals surface area contributed by atoms with Gasteiger partial charge in [0.1, 0.15) is 12.3 Å². The van der Waals surface area contributed by atoms with E-state index in [1.807, 2.05) is 37.3 Å². The number of hydrogen-bond acceptors (Lipinski definition) is 10. The first-order chi connectivity index (χ1) is 21.1. The number of aryl methyl sites for hydroxylation is 1. The van der Waals surface area contributed by atoms with Crippen molar-refractivity contribution in [1.29, 1.82) is 0 Å². The molecule has 0 unspecified atom stereocenters. The van der Waals surface area contributed by atoms with Gasteiger partial charge in [-0.2, -0.15) is 0 Å². The maximum Gasteiger partial charge on any atom is 0.355 e. The summed E-state index contributed by atoms with van der Waals surface area (Å²) >= 11 is 0. The fraction of sp³-hybridized carbons (Fsp3) is 0.406. The van der Waals surface area contributed by atoms with E-state index in [0.29, 0.717) is 34.5 Å². The van der Waals surface area contributed by atoms with Crippen molar-refractivity contribution < 1.29 is 47.7 Å². The molecule has 2 aromatic heterocycles. The number of carbonyl (C=O) groups is 5. The van der Waals surface area contributed by atoms with Crippen molar-refractivity contribution in [2.75, 3.05) is 28.4 Å². The summed E-state index contributed by atoms with van der Waals surface area (Å²) in [5.74, 6) is -2.58. The summed E-state index contributed by atoms with van der Waals surface area (Å²) in [7, 11) is 5.12. The highest BCUT2D eigenvalue weighted by atomic mass is 16.5. The van der Waals surface area contributed by atoms with Crippen molar-refractivity contribution in [2.45, 2.75) is 58.5 Å². The molecule has 12 heteroatoms. The fourth-order valence-electron chi connectivity index (χ4n) is 5.00. The fourth-order valence-corrected chi connectivity index (χ4v) is 5.00. The molecule has 0 aliphatic rings. The van der Waals surface area contributed by atoms with E-state index in [0.717, 1.165) is 16.8 Å². The van der Waals surface area contributed by atoms with Crippen LogP contribution in [0.3, 0.4) is 0 Å². The zero-order chi connectivity index (χ0) is 32.2. The molecule has 2 N–H and O–H groups in total. The number of carbonyl (C=O) groups excluding carboxylic acids is 5. The van der Waals surface area contributed by atoms with Crippen LogP contribution < -0.4 is 0 Å². The lowest BCUT2D eigenvalue weighted by molar-refractivity contribution is -0.141. The van der Waals surface area contributed by atoms with E-state index < -0.39 is 29.8 Å². The molecule has 1 aromatic carbocycles. The Kier molecular flexibility index (Phi) is 12.3. The number of rotatable bonds is 15. The third-order valence-electron chi connectivity index (χ3n) is 7.31. The van der Waals surface area contributed by atoms with E-state index in [4.69, 9.17) is 23.7 Å². The summed E-state index contributed by atoms with van der Waals surface area (Å²) in [6, 6.07) is 9.15. The Hall–Kier alpha value is -4.87. The average molecular weight is 611 g/mol. The van der Waals surface area contributed by atoms with Crippen molar-refractivity contribution >= 4 is 29.8 Å². The molecule has 0 fully saturated rings. The van der Waals surface area contributed by atoms with Gasteiger partial charge in [-0.3, -0.25) is 19.2 Å². The number of H-pyrrole nitrogens is 2. The van der Waals surface area contributed by atoms with Gasteiger partial charge in [0.2, 0.25) is 0 Å². The highest BCUT2D eigenvalue weighted by Crippen LogP contribution is 2.29. The Morgan fingerprint density at radius 3 is 1.68 bits per heavy atom. The number of hydrogen-bond donors (Lipinski definition) is 2. The quantitative estimate of drug-likeness (QED) is 0.193. The van der Waals surface area contributed by atoms with Crippen LogP contribution in [0.5, 0.6) is 0 Å². The molecule has 0 aliphatic heterocycles.